The molecule has 9 heteroatoms. The summed E-state index contributed by atoms with van der Waals surface area (Å²) < 4.78 is 5.30. The molecule has 26 heavy (non-hydrogen) atoms. The van der Waals surface area contributed by atoms with E-state index in [4.69, 9.17) is 27.7 Å². The second-order valence-corrected chi connectivity index (χ2v) is 6.75. The van der Waals surface area contributed by atoms with E-state index in [0.29, 0.717) is 47.4 Å². The van der Waals surface area contributed by atoms with E-state index in [-0.39, 0.29) is 0 Å². The Hall–Kier alpha value is -1.99. The lowest BCUT2D eigenvalue weighted by Crippen LogP contribution is -2.39. The van der Waals surface area contributed by atoms with Crippen molar-refractivity contribution < 1.29 is 4.52 Å². The van der Waals surface area contributed by atoms with Crippen molar-refractivity contribution in [1.82, 2.24) is 20.8 Å². The van der Waals surface area contributed by atoms with Gasteiger partial charge in [-0.3, -0.25) is 0 Å². The van der Waals surface area contributed by atoms with Gasteiger partial charge in [0.05, 0.1) is 15.7 Å². The highest BCUT2D eigenvalue weighted by atomic mass is 35.5. The highest BCUT2D eigenvalue weighted by Gasteiger charge is 2.07. The molecule has 0 radical (unpaired) electrons. The molecule has 0 aliphatic carbocycles. The number of nitrogens with one attached hydrogen (secondary N) is 3. The van der Waals surface area contributed by atoms with Crippen LogP contribution in [0.1, 0.15) is 38.1 Å². The predicted octanol–water partition coefficient (Wildman–Crippen LogP) is 3.67. The zero-order valence-corrected chi connectivity index (χ0v) is 16.7. The number of rotatable bonds is 8. The zero-order chi connectivity index (χ0) is 18.9. The molecule has 2 aromatic heterocycles. The van der Waals surface area contributed by atoms with Gasteiger partial charge in [-0.2, -0.15) is 0 Å². The third-order valence-electron chi connectivity index (χ3n) is 3.42. The van der Waals surface area contributed by atoms with Crippen LogP contribution in [0.15, 0.2) is 27.8 Å². The summed E-state index contributed by atoms with van der Waals surface area (Å²) in [5, 5.41) is 14.6. The van der Waals surface area contributed by atoms with Crippen LogP contribution < -0.4 is 16.0 Å². The molecule has 2 aromatic rings. The number of guanidine groups is 1. The first-order chi connectivity index (χ1) is 12.5. The van der Waals surface area contributed by atoms with Crippen LogP contribution in [0.2, 0.25) is 10.0 Å². The molecule has 0 bridgehead atoms. The van der Waals surface area contributed by atoms with Gasteiger partial charge in [-0.15, -0.1) is 0 Å². The lowest BCUT2D eigenvalue weighted by atomic mass is 10.1. The van der Waals surface area contributed by atoms with E-state index in [0.717, 1.165) is 18.0 Å². The Labute approximate surface area is 163 Å². The molecule has 0 aromatic carbocycles. The fraction of sp³-hybridized carbons (Fsp3) is 0.471. The van der Waals surface area contributed by atoms with Crippen molar-refractivity contribution in [1.29, 1.82) is 0 Å². The van der Waals surface area contributed by atoms with Crippen molar-refractivity contribution >= 4 is 35.0 Å². The average molecular weight is 399 g/mol. The fourth-order valence-electron chi connectivity index (χ4n) is 2.08. The zero-order valence-electron chi connectivity index (χ0n) is 15.1. The van der Waals surface area contributed by atoms with Crippen LogP contribution in [0, 0.1) is 0 Å². The molecule has 0 aliphatic rings. The second kappa shape index (κ2) is 10.2. The van der Waals surface area contributed by atoms with E-state index < -0.39 is 0 Å². The number of halogens is 2. The van der Waals surface area contributed by atoms with Gasteiger partial charge in [0.25, 0.3) is 0 Å². The quantitative estimate of drug-likeness (QED) is 0.357. The third-order valence-corrected chi connectivity index (χ3v) is 3.92. The Morgan fingerprint density at radius 2 is 2.04 bits per heavy atom. The number of nitrogens with zero attached hydrogens (tertiary/aromatic N) is 3. The smallest absolute Gasteiger partial charge is 0.191 e. The average Bonchev–Trinajstić information content (AvgIpc) is 3.07. The fourth-order valence-corrected chi connectivity index (χ4v) is 2.53. The number of hydrogen-bond acceptors (Lipinski definition) is 5. The van der Waals surface area contributed by atoms with Gasteiger partial charge in [-0.1, -0.05) is 42.2 Å². The second-order valence-electron chi connectivity index (χ2n) is 5.91. The van der Waals surface area contributed by atoms with Crippen LogP contribution in [-0.2, 0) is 6.54 Å². The first-order valence-corrected chi connectivity index (χ1v) is 9.27. The lowest BCUT2D eigenvalue weighted by Gasteiger charge is -2.12. The summed E-state index contributed by atoms with van der Waals surface area (Å²) >= 11 is 11.9. The normalized spacial score (nSPS) is 11.7. The molecule has 0 amide bonds. The molecule has 0 atom stereocenters. The van der Waals surface area contributed by atoms with Crippen LogP contribution >= 0.6 is 23.2 Å². The molecule has 0 spiro atoms. The van der Waals surface area contributed by atoms with Crippen molar-refractivity contribution in [3.8, 4) is 0 Å². The van der Waals surface area contributed by atoms with Crippen molar-refractivity contribution in [3.05, 3.63) is 39.8 Å². The molecule has 0 aliphatic heterocycles. The topological polar surface area (TPSA) is 87.4 Å². The molecule has 0 saturated carbocycles. The van der Waals surface area contributed by atoms with Gasteiger partial charge in [0.1, 0.15) is 12.4 Å². The van der Waals surface area contributed by atoms with Crippen molar-refractivity contribution in [2.75, 3.05) is 25.0 Å². The van der Waals surface area contributed by atoms with Gasteiger partial charge in [0.15, 0.2) is 11.7 Å². The van der Waals surface area contributed by atoms with Crippen molar-refractivity contribution in [3.63, 3.8) is 0 Å². The standard InChI is InChI=1S/C17H24Cl2N6O/c1-4-20-17(24-10-13-8-15(11(2)3)25-26-13)22-6-5-21-16-14(19)7-12(18)9-23-16/h7-9,11H,4-6,10H2,1-3H3,(H,21,23)(H2,20,22,24). The van der Waals surface area contributed by atoms with Crippen LogP contribution in [0.25, 0.3) is 0 Å². The number of aromatic nitrogens is 2. The number of hydrogen-bond donors (Lipinski definition) is 3. The van der Waals surface area contributed by atoms with E-state index in [1.165, 1.54) is 0 Å². The molecule has 2 rings (SSSR count). The van der Waals surface area contributed by atoms with Gasteiger partial charge in [-0.05, 0) is 18.9 Å². The maximum absolute atomic E-state index is 6.08. The minimum absolute atomic E-state index is 0.335. The highest BCUT2D eigenvalue weighted by Crippen LogP contribution is 2.22. The van der Waals surface area contributed by atoms with Gasteiger partial charge in [-0.25, -0.2) is 9.98 Å². The van der Waals surface area contributed by atoms with Crippen molar-refractivity contribution in [2.24, 2.45) is 4.99 Å². The summed E-state index contributed by atoms with van der Waals surface area (Å²) in [6.07, 6.45) is 1.55. The molecule has 142 valence electrons. The SMILES string of the molecule is CCNC(=NCc1cc(C(C)C)no1)NCCNc1ncc(Cl)cc1Cl. The molecule has 2 heterocycles. The lowest BCUT2D eigenvalue weighted by molar-refractivity contribution is 0.376. The summed E-state index contributed by atoms with van der Waals surface area (Å²) in [4.78, 5) is 8.66. The molecular weight excluding hydrogens is 375 g/mol. The van der Waals surface area contributed by atoms with E-state index >= 15 is 0 Å². The van der Waals surface area contributed by atoms with Gasteiger partial charge >= 0.3 is 0 Å². The Balaban J connectivity index is 1.82. The van der Waals surface area contributed by atoms with Gasteiger partial charge < -0.3 is 20.5 Å². The van der Waals surface area contributed by atoms with E-state index in [2.05, 4.69) is 44.9 Å². The van der Waals surface area contributed by atoms with E-state index in [1.54, 1.807) is 12.3 Å². The van der Waals surface area contributed by atoms with Crippen LogP contribution in [0.3, 0.4) is 0 Å². The monoisotopic (exact) mass is 398 g/mol. The van der Waals surface area contributed by atoms with Crippen LogP contribution in [0.4, 0.5) is 5.82 Å². The molecular formula is C17H24Cl2N6O. The first-order valence-electron chi connectivity index (χ1n) is 8.52. The van der Waals surface area contributed by atoms with Crippen molar-refractivity contribution in [2.45, 2.75) is 33.2 Å². The minimum atomic E-state index is 0.335. The number of pyridine rings is 1. The summed E-state index contributed by atoms with van der Waals surface area (Å²) in [6.45, 7) is 8.61. The van der Waals surface area contributed by atoms with Crippen LogP contribution in [-0.4, -0.2) is 35.7 Å². The van der Waals surface area contributed by atoms with Crippen LogP contribution in [0.5, 0.6) is 0 Å². The summed E-state index contributed by atoms with van der Waals surface area (Å²) in [5.41, 5.74) is 0.935. The molecule has 0 fully saturated rings. The summed E-state index contributed by atoms with van der Waals surface area (Å²) in [6, 6.07) is 3.59. The minimum Gasteiger partial charge on any atom is -0.367 e. The maximum Gasteiger partial charge on any atom is 0.191 e. The molecule has 0 unspecified atom stereocenters. The first kappa shape index (κ1) is 20.3. The molecule has 7 nitrogen and oxygen atoms in total. The highest BCUT2D eigenvalue weighted by molar-refractivity contribution is 6.35. The Morgan fingerprint density at radius 1 is 1.23 bits per heavy atom. The van der Waals surface area contributed by atoms with Gasteiger partial charge in [0, 0.05) is 31.9 Å². The predicted molar refractivity (Wildman–Crippen MR) is 106 cm³/mol. The summed E-state index contributed by atoms with van der Waals surface area (Å²) in [5.74, 6) is 2.37. The Bertz CT molecular complexity index is 732. The maximum atomic E-state index is 6.08. The largest absolute Gasteiger partial charge is 0.367 e. The van der Waals surface area contributed by atoms with Gasteiger partial charge in [0.2, 0.25) is 0 Å². The number of aliphatic imine (C=N–C) groups is 1. The Morgan fingerprint density at radius 3 is 2.69 bits per heavy atom. The Kier molecular flexibility index (Phi) is 8.00. The number of anilines is 1. The van der Waals surface area contributed by atoms with E-state index in [9.17, 15) is 0 Å². The molecule has 0 saturated heterocycles. The molecule has 3 N–H and O–H groups in total. The third kappa shape index (κ3) is 6.38. The summed E-state index contributed by atoms with van der Waals surface area (Å²) in [7, 11) is 0. The van der Waals surface area contributed by atoms with E-state index in [1.807, 2.05) is 13.0 Å².